The minimum absolute atomic E-state index is 0.213. The molecule has 0 unspecified atom stereocenters. The van der Waals surface area contributed by atoms with Gasteiger partial charge < -0.3 is 9.67 Å². The summed E-state index contributed by atoms with van der Waals surface area (Å²) >= 11 is 0. The van der Waals surface area contributed by atoms with E-state index in [-0.39, 0.29) is 6.61 Å². The maximum atomic E-state index is 9.09. The zero-order valence-corrected chi connectivity index (χ0v) is 10.2. The standard InChI is InChI=1S/C14H19NO/c1-10(2)15-9-12(7-8-16)13-6-4-5-11(3)14(13)15/h4-6,9-10,16H,7-8H2,1-3H3. The van der Waals surface area contributed by atoms with E-state index in [0.717, 1.165) is 6.42 Å². The lowest BCUT2D eigenvalue weighted by atomic mass is 10.1. The van der Waals surface area contributed by atoms with Gasteiger partial charge in [0.1, 0.15) is 0 Å². The average Bonchev–Trinajstić information content (AvgIpc) is 2.60. The highest BCUT2D eigenvalue weighted by Crippen LogP contribution is 2.27. The van der Waals surface area contributed by atoms with Gasteiger partial charge in [-0.2, -0.15) is 0 Å². The first-order valence-electron chi connectivity index (χ1n) is 5.85. The lowest BCUT2D eigenvalue weighted by Gasteiger charge is -2.10. The topological polar surface area (TPSA) is 25.2 Å². The zero-order valence-electron chi connectivity index (χ0n) is 10.2. The molecule has 0 radical (unpaired) electrons. The van der Waals surface area contributed by atoms with E-state index in [1.807, 2.05) is 0 Å². The molecule has 2 heteroatoms. The number of fused-ring (bicyclic) bond motifs is 1. The summed E-state index contributed by atoms with van der Waals surface area (Å²) in [6, 6.07) is 6.83. The molecule has 0 aliphatic carbocycles. The number of hydrogen-bond donors (Lipinski definition) is 1. The SMILES string of the molecule is Cc1cccc2c(CCO)cn(C(C)C)c12. The molecule has 0 aliphatic heterocycles. The summed E-state index contributed by atoms with van der Waals surface area (Å²) in [5.74, 6) is 0. The van der Waals surface area contributed by atoms with E-state index in [2.05, 4.69) is 49.7 Å². The Labute approximate surface area is 96.5 Å². The zero-order chi connectivity index (χ0) is 11.7. The molecule has 0 amide bonds. The van der Waals surface area contributed by atoms with E-state index in [1.54, 1.807) is 0 Å². The van der Waals surface area contributed by atoms with Gasteiger partial charge in [0.05, 0.1) is 5.52 Å². The fourth-order valence-corrected chi connectivity index (χ4v) is 2.29. The van der Waals surface area contributed by atoms with Crippen LogP contribution in [0.1, 0.15) is 31.0 Å². The molecule has 0 aliphatic rings. The molecule has 2 aromatic rings. The molecule has 0 saturated heterocycles. The summed E-state index contributed by atoms with van der Waals surface area (Å²) in [6.45, 7) is 6.73. The summed E-state index contributed by atoms with van der Waals surface area (Å²) in [5, 5.41) is 10.4. The van der Waals surface area contributed by atoms with Gasteiger partial charge in [-0.25, -0.2) is 0 Å². The lowest BCUT2D eigenvalue weighted by Crippen LogP contribution is -1.99. The van der Waals surface area contributed by atoms with Crippen LogP contribution < -0.4 is 0 Å². The molecule has 1 aromatic heterocycles. The number of para-hydroxylation sites is 1. The Hall–Kier alpha value is -1.28. The highest BCUT2D eigenvalue weighted by molar-refractivity contribution is 5.86. The lowest BCUT2D eigenvalue weighted by molar-refractivity contribution is 0.300. The van der Waals surface area contributed by atoms with E-state index in [9.17, 15) is 0 Å². The molecule has 1 heterocycles. The van der Waals surface area contributed by atoms with Crippen LogP contribution in [0.5, 0.6) is 0 Å². The molecule has 0 atom stereocenters. The van der Waals surface area contributed by atoms with Gasteiger partial charge in [-0.3, -0.25) is 0 Å². The first-order valence-corrected chi connectivity index (χ1v) is 5.85. The van der Waals surface area contributed by atoms with Gasteiger partial charge in [-0.05, 0) is 38.3 Å². The van der Waals surface area contributed by atoms with Crippen LogP contribution >= 0.6 is 0 Å². The van der Waals surface area contributed by atoms with Crippen LogP contribution in [0.4, 0.5) is 0 Å². The molecular weight excluding hydrogens is 198 g/mol. The van der Waals surface area contributed by atoms with Gasteiger partial charge in [0.15, 0.2) is 0 Å². The Balaban J connectivity index is 2.71. The van der Waals surface area contributed by atoms with Crippen LogP contribution in [0.3, 0.4) is 0 Å². The number of benzene rings is 1. The molecule has 2 rings (SSSR count). The number of hydrogen-bond acceptors (Lipinski definition) is 1. The Bertz CT molecular complexity index is 497. The van der Waals surface area contributed by atoms with Crippen molar-refractivity contribution in [2.45, 2.75) is 33.2 Å². The van der Waals surface area contributed by atoms with Crippen molar-refractivity contribution in [1.29, 1.82) is 0 Å². The van der Waals surface area contributed by atoms with E-state index in [4.69, 9.17) is 5.11 Å². The Morgan fingerprint density at radius 1 is 1.31 bits per heavy atom. The Kier molecular flexibility index (Phi) is 3.01. The van der Waals surface area contributed by atoms with Crippen LogP contribution in [0, 0.1) is 6.92 Å². The van der Waals surface area contributed by atoms with E-state index < -0.39 is 0 Å². The molecule has 1 aromatic carbocycles. The number of aryl methyl sites for hydroxylation is 1. The van der Waals surface area contributed by atoms with Crippen molar-refractivity contribution in [2.75, 3.05) is 6.61 Å². The molecule has 0 saturated carbocycles. The normalized spacial score (nSPS) is 11.6. The van der Waals surface area contributed by atoms with Gasteiger partial charge in [0.25, 0.3) is 0 Å². The van der Waals surface area contributed by atoms with E-state index in [0.29, 0.717) is 6.04 Å². The van der Waals surface area contributed by atoms with Crippen LogP contribution in [0.25, 0.3) is 10.9 Å². The molecular formula is C14H19NO. The highest BCUT2D eigenvalue weighted by Gasteiger charge is 2.11. The number of aromatic nitrogens is 1. The Morgan fingerprint density at radius 2 is 2.06 bits per heavy atom. The van der Waals surface area contributed by atoms with E-state index in [1.165, 1.54) is 22.0 Å². The second kappa shape index (κ2) is 4.30. The van der Waals surface area contributed by atoms with Crippen molar-refractivity contribution in [3.63, 3.8) is 0 Å². The molecule has 2 nitrogen and oxygen atoms in total. The first kappa shape index (κ1) is 11.2. The second-order valence-corrected chi connectivity index (χ2v) is 4.60. The molecule has 1 N–H and O–H groups in total. The summed E-state index contributed by atoms with van der Waals surface area (Å²) in [6.07, 6.45) is 2.91. The van der Waals surface area contributed by atoms with Crippen molar-refractivity contribution in [3.8, 4) is 0 Å². The van der Waals surface area contributed by atoms with Crippen molar-refractivity contribution < 1.29 is 5.11 Å². The second-order valence-electron chi connectivity index (χ2n) is 4.60. The van der Waals surface area contributed by atoms with Crippen molar-refractivity contribution in [1.82, 2.24) is 4.57 Å². The summed E-state index contributed by atoms with van der Waals surface area (Å²) in [4.78, 5) is 0. The average molecular weight is 217 g/mol. The monoisotopic (exact) mass is 217 g/mol. The largest absolute Gasteiger partial charge is 0.396 e. The number of nitrogens with zero attached hydrogens (tertiary/aromatic N) is 1. The highest BCUT2D eigenvalue weighted by atomic mass is 16.2. The Morgan fingerprint density at radius 3 is 2.69 bits per heavy atom. The molecule has 16 heavy (non-hydrogen) atoms. The summed E-state index contributed by atoms with van der Waals surface area (Å²) in [7, 11) is 0. The fraction of sp³-hybridized carbons (Fsp3) is 0.429. The summed E-state index contributed by atoms with van der Waals surface area (Å²) < 4.78 is 2.30. The van der Waals surface area contributed by atoms with Crippen LogP contribution in [-0.4, -0.2) is 16.3 Å². The molecule has 0 spiro atoms. The predicted octanol–water partition coefficient (Wildman–Crippen LogP) is 3.07. The van der Waals surface area contributed by atoms with Gasteiger partial charge in [0, 0.05) is 24.2 Å². The molecule has 0 bridgehead atoms. The quantitative estimate of drug-likeness (QED) is 0.839. The van der Waals surface area contributed by atoms with Gasteiger partial charge in [0.2, 0.25) is 0 Å². The minimum Gasteiger partial charge on any atom is -0.396 e. The van der Waals surface area contributed by atoms with Crippen LogP contribution in [-0.2, 0) is 6.42 Å². The van der Waals surface area contributed by atoms with Gasteiger partial charge >= 0.3 is 0 Å². The third kappa shape index (κ3) is 1.74. The van der Waals surface area contributed by atoms with Crippen molar-refractivity contribution in [2.24, 2.45) is 0 Å². The minimum atomic E-state index is 0.213. The molecule has 0 fully saturated rings. The van der Waals surface area contributed by atoms with E-state index >= 15 is 0 Å². The maximum Gasteiger partial charge on any atom is 0.0515 e. The van der Waals surface area contributed by atoms with Crippen LogP contribution in [0.2, 0.25) is 0 Å². The third-order valence-electron chi connectivity index (χ3n) is 3.07. The predicted molar refractivity (Wildman–Crippen MR) is 67.8 cm³/mol. The number of aliphatic hydroxyl groups excluding tert-OH is 1. The number of aliphatic hydroxyl groups is 1. The maximum absolute atomic E-state index is 9.09. The fourth-order valence-electron chi connectivity index (χ4n) is 2.29. The first-order chi connectivity index (χ1) is 7.65. The van der Waals surface area contributed by atoms with Crippen molar-refractivity contribution >= 4 is 10.9 Å². The third-order valence-corrected chi connectivity index (χ3v) is 3.07. The van der Waals surface area contributed by atoms with Crippen molar-refractivity contribution in [3.05, 3.63) is 35.5 Å². The van der Waals surface area contributed by atoms with Crippen LogP contribution in [0.15, 0.2) is 24.4 Å². The van der Waals surface area contributed by atoms with Gasteiger partial charge in [-0.1, -0.05) is 18.2 Å². The smallest absolute Gasteiger partial charge is 0.0515 e. The summed E-state index contributed by atoms with van der Waals surface area (Å²) in [5.41, 5.74) is 3.85. The number of rotatable bonds is 3. The van der Waals surface area contributed by atoms with Gasteiger partial charge in [-0.15, -0.1) is 0 Å². The molecule has 86 valence electrons.